The molecule has 1 amide bonds. The van der Waals surface area contributed by atoms with Gasteiger partial charge in [0.25, 0.3) is 0 Å². The molecule has 0 unspecified atom stereocenters. The van der Waals surface area contributed by atoms with Crippen molar-refractivity contribution in [2.24, 2.45) is 7.05 Å². The Kier molecular flexibility index (Phi) is 5.63. The monoisotopic (exact) mass is 404 g/mol. The molecule has 1 N–H and O–H groups in total. The van der Waals surface area contributed by atoms with Crippen molar-refractivity contribution in [3.63, 3.8) is 0 Å². The molecular formula is C23H24N4O3. The summed E-state index contributed by atoms with van der Waals surface area (Å²) in [6.07, 6.45) is 1.41. The molecule has 4 rings (SSSR count). The van der Waals surface area contributed by atoms with Crippen LogP contribution in [0.4, 0.5) is 5.82 Å². The van der Waals surface area contributed by atoms with Gasteiger partial charge in [-0.05, 0) is 29.2 Å². The Morgan fingerprint density at radius 2 is 1.63 bits per heavy atom. The number of amides is 1. The van der Waals surface area contributed by atoms with Crippen LogP contribution in [0.5, 0.6) is 0 Å². The van der Waals surface area contributed by atoms with E-state index in [4.69, 9.17) is 4.74 Å². The third-order valence-corrected chi connectivity index (χ3v) is 5.17. The van der Waals surface area contributed by atoms with Crippen molar-refractivity contribution < 1.29 is 14.3 Å². The van der Waals surface area contributed by atoms with Crippen molar-refractivity contribution in [1.82, 2.24) is 14.7 Å². The molecule has 30 heavy (non-hydrogen) atoms. The molecule has 2 heterocycles. The van der Waals surface area contributed by atoms with E-state index in [1.165, 1.54) is 33.1 Å². The lowest BCUT2D eigenvalue weighted by atomic mass is 9.97. The number of esters is 1. The summed E-state index contributed by atoms with van der Waals surface area (Å²) in [5.41, 5.74) is 5.02. The predicted molar refractivity (Wildman–Crippen MR) is 114 cm³/mol. The van der Waals surface area contributed by atoms with Crippen molar-refractivity contribution in [2.75, 3.05) is 18.5 Å². The Bertz CT molecular complexity index is 1040. The number of carbonyl (C=O) groups excluding carboxylic acids is 2. The lowest BCUT2D eigenvalue weighted by molar-refractivity contribution is -0.117. The van der Waals surface area contributed by atoms with Gasteiger partial charge in [-0.3, -0.25) is 14.4 Å². The highest BCUT2D eigenvalue weighted by Crippen LogP contribution is 2.32. The van der Waals surface area contributed by atoms with Gasteiger partial charge in [0, 0.05) is 20.1 Å². The minimum Gasteiger partial charge on any atom is -0.462 e. The molecule has 0 saturated heterocycles. The molecule has 2 aromatic carbocycles. The van der Waals surface area contributed by atoms with Gasteiger partial charge in [0.1, 0.15) is 11.4 Å². The van der Waals surface area contributed by atoms with Gasteiger partial charge >= 0.3 is 5.97 Å². The van der Waals surface area contributed by atoms with Crippen LogP contribution in [0, 0.1) is 0 Å². The summed E-state index contributed by atoms with van der Waals surface area (Å²) in [5.74, 6) is -0.367. The molecule has 0 fully saturated rings. The van der Waals surface area contributed by atoms with E-state index in [0.717, 1.165) is 0 Å². The molecule has 1 aromatic heterocycles. The average Bonchev–Trinajstić information content (AvgIpc) is 3.00. The smallest absolute Gasteiger partial charge is 0.343 e. The summed E-state index contributed by atoms with van der Waals surface area (Å²) in [5, 5.41) is 6.91. The summed E-state index contributed by atoms with van der Waals surface area (Å²) in [4.78, 5) is 27.1. The lowest BCUT2D eigenvalue weighted by Crippen LogP contribution is -2.33. The van der Waals surface area contributed by atoms with E-state index in [9.17, 15) is 9.59 Å². The first-order valence-corrected chi connectivity index (χ1v) is 9.94. The molecule has 7 nitrogen and oxygen atoms in total. The maximum Gasteiger partial charge on any atom is 0.343 e. The van der Waals surface area contributed by atoms with Crippen molar-refractivity contribution >= 4 is 17.7 Å². The van der Waals surface area contributed by atoms with Crippen LogP contribution in [-0.4, -0.2) is 39.7 Å². The number of fused-ring (bicyclic) bond motifs is 3. The van der Waals surface area contributed by atoms with Gasteiger partial charge in [0.2, 0.25) is 5.91 Å². The zero-order valence-corrected chi connectivity index (χ0v) is 17.1. The number of hydrogen-bond acceptors (Lipinski definition) is 5. The van der Waals surface area contributed by atoms with Crippen LogP contribution < -0.4 is 5.32 Å². The van der Waals surface area contributed by atoms with E-state index in [1.807, 2.05) is 24.3 Å². The molecule has 7 heteroatoms. The Morgan fingerprint density at radius 3 is 2.23 bits per heavy atom. The molecule has 154 valence electrons. The first-order chi connectivity index (χ1) is 14.6. The number of aryl methyl sites for hydroxylation is 1. The standard InChI is InChI=1S/C23H24N4O3/c1-3-30-23(29)20-12-24-26(2)22(20)25-21(28)15-27-13-16-8-4-6-10-18(16)19-11-7-5-9-17(19)14-27/h4-12H,3,13-15H2,1-2H3,(H,25,28). The van der Waals surface area contributed by atoms with E-state index in [2.05, 4.69) is 39.6 Å². The number of benzene rings is 2. The van der Waals surface area contributed by atoms with Crippen LogP contribution in [-0.2, 0) is 29.7 Å². The molecule has 1 aliphatic heterocycles. The third-order valence-electron chi connectivity index (χ3n) is 5.17. The summed E-state index contributed by atoms with van der Waals surface area (Å²) in [6, 6.07) is 16.6. The number of carbonyl (C=O) groups is 2. The highest BCUT2D eigenvalue weighted by Gasteiger charge is 2.23. The summed E-state index contributed by atoms with van der Waals surface area (Å²) < 4.78 is 6.52. The summed E-state index contributed by atoms with van der Waals surface area (Å²) in [7, 11) is 1.68. The Balaban J connectivity index is 1.54. The van der Waals surface area contributed by atoms with Gasteiger partial charge < -0.3 is 10.1 Å². The number of rotatable bonds is 5. The quantitative estimate of drug-likeness (QED) is 0.661. The Morgan fingerprint density at radius 1 is 1.03 bits per heavy atom. The topological polar surface area (TPSA) is 76.5 Å². The number of anilines is 1. The van der Waals surface area contributed by atoms with Crippen molar-refractivity contribution in [2.45, 2.75) is 20.0 Å². The highest BCUT2D eigenvalue weighted by molar-refractivity contribution is 6.00. The van der Waals surface area contributed by atoms with E-state index in [0.29, 0.717) is 18.9 Å². The first kappa shape index (κ1) is 19.8. The zero-order chi connectivity index (χ0) is 21.1. The minimum absolute atomic E-state index is 0.191. The second-order valence-corrected chi connectivity index (χ2v) is 7.26. The highest BCUT2D eigenvalue weighted by atomic mass is 16.5. The van der Waals surface area contributed by atoms with Crippen LogP contribution in [0.1, 0.15) is 28.4 Å². The number of hydrogen-bond donors (Lipinski definition) is 1. The van der Waals surface area contributed by atoms with Crippen molar-refractivity contribution in [1.29, 1.82) is 0 Å². The fraction of sp³-hybridized carbons (Fsp3) is 0.261. The second-order valence-electron chi connectivity index (χ2n) is 7.26. The normalized spacial score (nSPS) is 13.1. The first-order valence-electron chi connectivity index (χ1n) is 9.94. The minimum atomic E-state index is -0.501. The van der Waals surface area contributed by atoms with Gasteiger partial charge in [0.05, 0.1) is 19.3 Å². The SMILES string of the molecule is CCOC(=O)c1cnn(C)c1NC(=O)CN1Cc2ccccc2-c2ccccc2C1. The molecule has 0 spiro atoms. The molecule has 0 radical (unpaired) electrons. The molecule has 0 saturated carbocycles. The van der Waals surface area contributed by atoms with Gasteiger partial charge in [-0.1, -0.05) is 48.5 Å². The van der Waals surface area contributed by atoms with Crippen LogP contribution in [0.15, 0.2) is 54.7 Å². The van der Waals surface area contributed by atoms with Crippen LogP contribution in [0.2, 0.25) is 0 Å². The molecule has 1 aliphatic rings. The number of ether oxygens (including phenoxy) is 1. The van der Waals surface area contributed by atoms with Crippen LogP contribution in [0.3, 0.4) is 0 Å². The number of aromatic nitrogens is 2. The third kappa shape index (κ3) is 3.97. The fourth-order valence-electron chi connectivity index (χ4n) is 3.81. The van der Waals surface area contributed by atoms with Gasteiger partial charge in [0.15, 0.2) is 0 Å². The lowest BCUT2D eigenvalue weighted by Gasteiger charge is -2.20. The largest absolute Gasteiger partial charge is 0.462 e. The van der Waals surface area contributed by atoms with E-state index < -0.39 is 5.97 Å². The molecule has 0 bridgehead atoms. The molecule has 0 aliphatic carbocycles. The van der Waals surface area contributed by atoms with Crippen LogP contribution in [0.25, 0.3) is 11.1 Å². The fourth-order valence-corrected chi connectivity index (χ4v) is 3.81. The molecule has 0 atom stereocenters. The van der Waals surface area contributed by atoms with E-state index in [1.54, 1.807) is 14.0 Å². The average molecular weight is 404 g/mol. The van der Waals surface area contributed by atoms with Crippen LogP contribution >= 0.6 is 0 Å². The second kappa shape index (κ2) is 8.51. The van der Waals surface area contributed by atoms with Crippen molar-refractivity contribution in [3.05, 3.63) is 71.4 Å². The van der Waals surface area contributed by atoms with Gasteiger partial charge in [-0.25, -0.2) is 4.79 Å². The number of nitrogens with one attached hydrogen (secondary N) is 1. The molecular weight excluding hydrogens is 380 g/mol. The van der Waals surface area contributed by atoms with Gasteiger partial charge in [-0.2, -0.15) is 5.10 Å². The van der Waals surface area contributed by atoms with Gasteiger partial charge in [-0.15, -0.1) is 0 Å². The zero-order valence-electron chi connectivity index (χ0n) is 17.1. The van der Waals surface area contributed by atoms with E-state index in [-0.39, 0.29) is 24.6 Å². The number of nitrogens with zero attached hydrogens (tertiary/aromatic N) is 3. The van der Waals surface area contributed by atoms with Crippen molar-refractivity contribution in [3.8, 4) is 11.1 Å². The molecule has 3 aromatic rings. The summed E-state index contributed by atoms with van der Waals surface area (Å²) >= 11 is 0. The van der Waals surface area contributed by atoms with E-state index >= 15 is 0 Å². The maximum atomic E-state index is 12.9. The predicted octanol–water partition coefficient (Wildman–Crippen LogP) is 3.22. The Hall–Kier alpha value is -3.45. The summed E-state index contributed by atoms with van der Waals surface area (Å²) in [6.45, 7) is 3.51. The maximum absolute atomic E-state index is 12.9. The Labute approximate surface area is 175 Å².